The zero-order valence-electron chi connectivity index (χ0n) is 25.1. The van der Waals surface area contributed by atoms with Crippen LogP contribution in [0.4, 0.5) is 5.82 Å². The summed E-state index contributed by atoms with van der Waals surface area (Å²) in [6, 6.07) is 7.68. The highest BCUT2D eigenvalue weighted by molar-refractivity contribution is 5.82. The minimum Gasteiger partial charge on any atom is -0.469 e. The van der Waals surface area contributed by atoms with Gasteiger partial charge in [0.05, 0.1) is 26.7 Å². The fraction of sp³-hybridized carbons (Fsp3) is 0.567. The Morgan fingerprint density at radius 2 is 1.86 bits per heavy atom. The summed E-state index contributed by atoms with van der Waals surface area (Å²) in [4.78, 5) is 53.3. The normalized spacial score (nSPS) is 14.2. The van der Waals surface area contributed by atoms with E-state index in [4.69, 9.17) is 15.2 Å². The number of esters is 1. The number of methoxy groups -OCH3 is 1. The predicted octanol–water partition coefficient (Wildman–Crippen LogP) is 1.72. The quantitative estimate of drug-likeness (QED) is 0.173. The topological polar surface area (TPSA) is 169 Å². The standard InChI is InChI=1S/C30H43N7O6/c1-3-4-16-43-29-33-27(31)26-28(34-29)37(30(41)32-26)13-5-12-36(24(39)19-35-14-10-23(20-38)11-15-35)18-22-8-6-21(7-9-22)17-25(40)42-2/h6-9,23,38H,3-5,10-20H2,1-2H3,(H,32,41)(H2,31,33,34). The van der Waals surface area contributed by atoms with Gasteiger partial charge in [-0.25, -0.2) is 4.79 Å². The number of aliphatic hydroxyl groups excluding tert-OH is 1. The van der Waals surface area contributed by atoms with Gasteiger partial charge in [-0.2, -0.15) is 9.97 Å². The second kappa shape index (κ2) is 15.5. The van der Waals surface area contributed by atoms with Crippen LogP contribution in [0.2, 0.25) is 0 Å². The van der Waals surface area contributed by atoms with Gasteiger partial charge in [0.2, 0.25) is 5.91 Å². The number of imidazole rings is 1. The maximum Gasteiger partial charge on any atom is 0.327 e. The number of fused-ring (bicyclic) bond motifs is 1. The molecule has 43 heavy (non-hydrogen) atoms. The molecule has 4 rings (SSSR count). The van der Waals surface area contributed by atoms with E-state index in [1.807, 2.05) is 24.3 Å². The van der Waals surface area contributed by atoms with E-state index in [1.165, 1.54) is 11.7 Å². The Bertz CT molecular complexity index is 1410. The molecular formula is C30H43N7O6. The first kappa shape index (κ1) is 32.0. The molecular weight excluding hydrogens is 554 g/mol. The molecule has 234 valence electrons. The smallest absolute Gasteiger partial charge is 0.327 e. The minimum absolute atomic E-state index is 0.00876. The van der Waals surface area contributed by atoms with E-state index >= 15 is 0 Å². The summed E-state index contributed by atoms with van der Waals surface area (Å²) in [6.07, 6.45) is 4.22. The summed E-state index contributed by atoms with van der Waals surface area (Å²) in [5.74, 6) is 0.111. The highest BCUT2D eigenvalue weighted by Crippen LogP contribution is 2.19. The highest BCUT2D eigenvalue weighted by atomic mass is 16.5. The van der Waals surface area contributed by atoms with E-state index < -0.39 is 0 Å². The number of hydrogen-bond donors (Lipinski definition) is 3. The lowest BCUT2D eigenvalue weighted by Gasteiger charge is -2.32. The maximum atomic E-state index is 13.5. The number of aryl methyl sites for hydroxylation is 1. The Labute approximate surface area is 251 Å². The minimum atomic E-state index is -0.354. The van der Waals surface area contributed by atoms with Gasteiger partial charge in [-0.3, -0.25) is 19.1 Å². The van der Waals surface area contributed by atoms with Crippen molar-refractivity contribution in [3.63, 3.8) is 0 Å². The van der Waals surface area contributed by atoms with Crippen molar-refractivity contribution < 1.29 is 24.2 Å². The number of likely N-dealkylation sites (tertiary alicyclic amines) is 1. The molecule has 4 N–H and O–H groups in total. The summed E-state index contributed by atoms with van der Waals surface area (Å²) in [5.41, 5.74) is 8.22. The Balaban J connectivity index is 1.46. The van der Waals surface area contributed by atoms with Gasteiger partial charge >= 0.3 is 17.7 Å². The first-order chi connectivity index (χ1) is 20.8. The van der Waals surface area contributed by atoms with E-state index in [2.05, 4.69) is 26.8 Å². The zero-order chi connectivity index (χ0) is 30.8. The van der Waals surface area contributed by atoms with E-state index in [-0.39, 0.29) is 54.9 Å². The number of carbonyl (C=O) groups excluding carboxylic acids is 2. The number of aromatic amines is 1. The number of nitrogens with two attached hydrogens (primary N) is 1. The predicted molar refractivity (Wildman–Crippen MR) is 161 cm³/mol. The van der Waals surface area contributed by atoms with Crippen LogP contribution in [0.5, 0.6) is 6.01 Å². The fourth-order valence-electron chi connectivity index (χ4n) is 5.16. The maximum absolute atomic E-state index is 13.5. The Morgan fingerprint density at radius 1 is 1.14 bits per heavy atom. The van der Waals surface area contributed by atoms with Crippen LogP contribution < -0.4 is 16.2 Å². The molecule has 3 aromatic rings. The molecule has 0 saturated carbocycles. The zero-order valence-corrected chi connectivity index (χ0v) is 25.1. The van der Waals surface area contributed by atoms with E-state index in [0.717, 1.165) is 49.9 Å². The molecule has 0 aliphatic carbocycles. The van der Waals surface area contributed by atoms with Gasteiger partial charge in [-0.05, 0) is 55.8 Å². The van der Waals surface area contributed by atoms with E-state index in [9.17, 15) is 19.5 Å². The summed E-state index contributed by atoms with van der Waals surface area (Å²) < 4.78 is 11.9. The lowest BCUT2D eigenvalue weighted by atomic mass is 9.98. The van der Waals surface area contributed by atoms with Crippen LogP contribution in [0.25, 0.3) is 11.2 Å². The largest absolute Gasteiger partial charge is 0.469 e. The summed E-state index contributed by atoms with van der Waals surface area (Å²) in [5, 5.41) is 9.47. The van der Waals surface area contributed by atoms with Gasteiger partial charge in [0.25, 0.3) is 0 Å². The molecule has 1 aliphatic rings. The number of hydrogen-bond acceptors (Lipinski definition) is 10. The van der Waals surface area contributed by atoms with Crippen molar-refractivity contribution >= 4 is 28.9 Å². The van der Waals surface area contributed by atoms with Crippen molar-refractivity contribution in [2.45, 2.75) is 58.5 Å². The van der Waals surface area contributed by atoms with Crippen molar-refractivity contribution in [3.05, 3.63) is 45.9 Å². The number of rotatable bonds is 15. The van der Waals surface area contributed by atoms with Crippen molar-refractivity contribution in [1.82, 2.24) is 29.3 Å². The molecule has 0 radical (unpaired) electrons. The van der Waals surface area contributed by atoms with Gasteiger partial charge in [-0.1, -0.05) is 37.6 Å². The molecule has 0 spiro atoms. The monoisotopic (exact) mass is 597 g/mol. The van der Waals surface area contributed by atoms with Crippen LogP contribution in [0.15, 0.2) is 29.1 Å². The Hall–Kier alpha value is -3.97. The molecule has 13 nitrogen and oxygen atoms in total. The number of anilines is 1. The van der Waals surface area contributed by atoms with Gasteiger partial charge < -0.3 is 30.2 Å². The molecule has 0 unspecified atom stereocenters. The van der Waals surface area contributed by atoms with Gasteiger partial charge in [0.1, 0.15) is 5.52 Å². The number of ether oxygens (including phenoxy) is 2. The first-order valence-electron chi connectivity index (χ1n) is 15.0. The van der Waals surface area contributed by atoms with Crippen LogP contribution in [-0.2, 0) is 33.8 Å². The van der Waals surface area contributed by atoms with Crippen LogP contribution in [0, 0.1) is 5.92 Å². The highest BCUT2D eigenvalue weighted by Gasteiger charge is 2.23. The SMILES string of the molecule is CCCCOc1nc(N)c2[nH]c(=O)n(CCCN(Cc3ccc(CC(=O)OC)cc3)C(=O)CN3CCC(CO)CC3)c2n1. The number of amides is 1. The lowest BCUT2D eigenvalue weighted by Crippen LogP contribution is -2.44. The van der Waals surface area contributed by atoms with Crippen molar-refractivity contribution in [2.75, 3.05) is 52.2 Å². The fourth-order valence-corrected chi connectivity index (χ4v) is 5.16. The number of nitrogens with one attached hydrogen (secondary N) is 1. The number of aromatic nitrogens is 4. The lowest BCUT2D eigenvalue weighted by molar-refractivity contribution is -0.139. The number of unbranched alkanes of at least 4 members (excludes halogenated alkanes) is 1. The molecule has 1 aliphatic heterocycles. The Kier molecular flexibility index (Phi) is 11.5. The average molecular weight is 598 g/mol. The van der Waals surface area contributed by atoms with Gasteiger partial charge in [0, 0.05) is 26.2 Å². The number of piperidine rings is 1. The molecule has 1 fully saturated rings. The molecule has 2 aromatic heterocycles. The summed E-state index contributed by atoms with van der Waals surface area (Å²) in [7, 11) is 1.36. The third-order valence-electron chi connectivity index (χ3n) is 7.82. The second-order valence-electron chi connectivity index (χ2n) is 11.0. The molecule has 0 atom stereocenters. The van der Waals surface area contributed by atoms with Crippen LogP contribution in [-0.4, -0.2) is 92.8 Å². The number of benzene rings is 1. The third kappa shape index (κ3) is 8.77. The number of nitrogen functional groups attached to an aromatic ring is 1. The molecule has 0 bridgehead atoms. The average Bonchev–Trinajstić information content (AvgIpc) is 3.33. The van der Waals surface area contributed by atoms with Crippen molar-refractivity contribution in [2.24, 2.45) is 5.92 Å². The molecule has 13 heteroatoms. The molecule has 1 aromatic carbocycles. The van der Waals surface area contributed by atoms with Crippen LogP contribution >= 0.6 is 0 Å². The van der Waals surface area contributed by atoms with Crippen molar-refractivity contribution in [1.29, 1.82) is 0 Å². The summed E-state index contributed by atoms with van der Waals surface area (Å²) >= 11 is 0. The number of carbonyl (C=O) groups is 2. The number of nitrogens with zero attached hydrogens (tertiary/aromatic N) is 5. The first-order valence-corrected chi connectivity index (χ1v) is 15.0. The van der Waals surface area contributed by atoms with Gasteiger partial charge in [0.15, 0.2) is 11.5 Å². The molecule has 1 amide bonds. The number of H-pyrrole nitrogens is 1. The Morgan fingerprint density at radius 3 is 2.53 bits per heavy atom. The van der Waals surface area contributed by atoms with E-state index in [1.54, 1.807) is 4.90 Å². The number of aliphatic hydroxyl groups is 1. The van der Waals surface area contributed by atoms with Crippen LogP contribution in [0.1, 0.15) is 50.2 Å². The molecule has 3 heterocycles. The second-order valence-corrected chi connectivity index (χ2v) is 11.0. The van der Waals surface area contributed by atoms with Crippen molar-refractivity contribution in [3.8, 4) is 6.01 Å². The molecule has 1 saturated heterocycles. The summed E-state index contributed by atoms with van der Waals surface area (Å²) in [6.45, 7) is 5.61. The van der Waals surface area contributed by atoms with Crippen LogP contribution in [0.3, 0.4) is 0 Å². The van der Waals surface area contributed by atoms with E-state index in [0.29, 0.717) is 43.8 Å². The third-order valence-corrected chi connectivity index (χ3v) is 7.82. The van der Waals surface area contributed by atoms with Gasteiger partial charge in [-0.15, -0.1) is 0 Å².